The largest absolute Gasteiger partial charge is 0.486 e. The van der Waals surface area contributed by atoms with E-state index < -0.39 is 22.0 Å². The number of fused-ring (bicyclic) bond motifs is 2. The van der Waals surface area contributed by atoms with Gasteiger partial charge in [-0.05, 0) is 60.5 Å². The first-order chi connectivity index (χ1) is 17.9. The highest BCUT2D eigenvalue weighted by Gasteiger charge is 2.25. The van der Waals surface area contributed by atoms with E-state index in [0.717, 1.165) is 16.5 Å². The van der Waals surface area contributed by atoms with Crippen molar-refractivity contribution in [3.05, 3.63) is 78.0 Å². The number of H-pyrrole nitrogens is 1. The Kier molecular flexibility index (Phi) is 6.88. The summed E-state index contributed by atoms with van der Waals surface area (Å²) < 4.78 is 38.0. The molecule has 5 rings (SSSR count). The first-order valence-electron chi connectivity index (χ1n) is 11.8. The second-order valence-corrected chi connectivity index (χ2v) is 10.6. The number of aliphatic hydroxyl groups excluding tert-OH is 1. The van der Waals surface area contributed by atoms with Crippen LogP contribution in [0.2, 0.25) is 0 Å². The summed E-state index contributed by atoms with van der Waals surface area (Å²) in [5, 5.41) is 14.0. The van der Waals surface area contributed by atoms with E-state index in [9.17, 15) is 18.3 Å². The van der Waals surface area contributed by atoms with Crippen molar-refractivity contribution in [2.45, 2.75) is 17.4 Å². The normalized spacial score (nSPS) is 13.9. The number of carbonyl (C=O) groups is 1. The summed E-state index contributed by atoms with van der Waals surface area (Å²) in [6.45, 7) is 0.407. The number of sulfonamides is 1. The zero-order valence-electron chi connectivity index (χ0n) is 20.2. The Bertz CT molecular complexity index is 1550. The van der Waals surface area contributed by atoms with E-state index in [-0.39, 0.29) is 17.1 Å². The molecule has 0 saturated heterocycles. The molecule has 0 unspecified atom stereocenters. The summed E-state index contributed by atoms with van der Waals surface area (Å²) in [7, 11) is -2.22. The van der Waals surface area contributed by atoms with Crippen molar-refractivity contribution in [1.29, 1.82) is 0 Å². The van der Waals surface area contributed by atoms with E-state index in [4.69, 9.17) is 9.47 Å². The second kappa shape index (κ2) is 10.3. The molecular weight excluding hydrogens is 494 g/mol. The van der Waals surface area contributed by atoms with Crippen molar-refractivity contribution in [1.82, 2.24) is 15.0 Å². The molecule has 9 nitrogen and oxygen atoms in total. The second-order valence-electron chi connectivity index (χ2n) is 8.70. The van der Waals surface area contributed by atoms with Gasteiger partial charge >= 0.3 is 0 Å². The zero-order chi connectivity index (χ0) is 26.0. The minimum atomic E-state index is -3.57. The SMILES string of the molecule is CNS(=O)(=O)c1ccc(-c2cc3c(c(C(=O)N[C@@H](CO)Cc4c[nH]c5ccccc45)c2)OCCO3)cc1. The molecular formula is C27H27N3O6S. The molecule has 1 aliphatic rings. The predicted molar refractivity (Wildman–Crippen MR) is 139 cm³/mol. The van der Waals surface area contributed by atoms with Crippen molar-refractivity contribution in [2.75, 3.05) is 26.9 Å². The van der Waals surface area contributed by atoms with Gasteiger partial charge in [0.1, 0.15) is 13.2 Å². The lowest BCUT2D eigenvalue weighted by Gasteiger charge is -2.23. The van der Waals surface area contributed by atoms with Crippen LogP contribution >= 0.6 is 0 Å². The number of nitrogens with one attached hydrogen (secondary N) is 3. The Hall–Kier alpha value is -3.86. The molecule has 3 aromatic carbocycles. The van der Waals surface area contributed by atoms with Gasteiger partial charge in [-0.2, -0.15) is 0 Å². The summed E-state index contributed by atoms with van der Waals surface area (Å²) in [5.74, 6) is 0.362. The van der Waals surface area contributed by atoms with Gasteiger partial charge in [0.25, 0.3) is 5.91 Å². The molecule has 0 spiro atoms. The lowest BCUT2D eigenvalue weighted by atomic mass is 10.00. The molecule has 1 amide bonds. The van der Waals surface area contributed by atoms with Crippen LogP contribution in [0.25, 0.3) is 22.0 Å². The average molecular weight is 522 g/mol. The smallest absolute Gasteiger partial charge is 0.255 e. The minimum absolute atomic E-state index is 0.136. The Morgan fingerprint density at radius 2 is 1.81 bits per heavy atom. The summed E-state index contributed by atoms with van der Waals surface area (Å²) in [6.07, 6.45) is 2.32. The number of aliphatic hydroxyl groups is 1. The maximum Gasteiger partial charge on any atom is 0.255 e. The molecule has 1 aliphatic heterocycles. The quantitative estimate of drug-likeness (QED) is 0.282. The van der Waals surface area contributed by atoms with Gasteiger partial charge in [0.15, 0.2) is 11.5 Å². The van der Waals surface area contributed by atoms with E-state index in [1.165, 1.54) is 19.2 Å². The molecule has 0 saturated carbocycles. The third-order valence-corrected chi connectivity index (χ3v) is 7.78. The minimum Gasteiger partial charge on any atom is -0.486 e. The number of aromatic nitrogens is 1. The van der Waals surface area contributed by atoms with E-state index in [0.29, 0.717) is 42.3 Å². The number of benzene rings is 3. The van der Waals surface area contributed by atoms with Crippen LogP contribution in [0.1, 0.15) is 15.9 Å². The van der Waals surface area contributed by atoms with Crippen molar-refractivity contribution >= 4 is 26.8 Å². The molecule has 0 fully saturated rings. The number of amides is 1. The lowest BCUT2D eigenvalue weighted by Crippen LogP contribution is -2.39. The molecule has 192 valence electrons. The molecule has 4 N–H and O–H groups in total. The van der Waals surface area contributed by atoms with Gasteiger partial charge in [0.2, 0.25) is 10.0 Å². The fourth-order valence-corrected chi connectivity index (χ4v) is 5.15. The van der Waals surface area contributed by atoms with Crippen LogP contribution in [0.5, 0.6) is 11.5 Å². The molecule has 2 heterocycles. The Balaban J connectivity index is 1.44. The molecule has 10 heteroatoms. The fraction of sp³-hybridized carbons (Fsp3) is 0.222. The standard InChI is InChI=1S/C27H27N3O6S/c1-28-37(33,34)21-8-6-17(7-9-21)18-13-23(26-25(14-18)35-10-11-36-26)27(32)30-20(16-31)12-19-15-29-24-5-3-2-4-22(19)24/h2-9,13-15,20,28-29,31H,10-12,16H2,1H3,(H,30,32)/t20-/m1/s1. The Labute approximate surface area is 214 Å². The third kappa shape index (κ3) is 5.04. The monoisotopic (exact) mass is 521 g/mol. The molecule has 1 atom stereocenters. The zero-order valence-corrected chi connectivity index (χ0v) is 21.0. The number of hydrogen-bond donors (Lipinski definition) is 4. The molecule has 0 radical (unpaired) electrons. The first kappa shape index (κ1) is 24.8. The number of carbonyl (C=O) groups excluding carboxylic acids is 1. The van der Waals surface area contributed by atoms with Crippen LogP contribution in [0.3, 0.4) is 0 Å². The third-order valence-electron chi connectivity index (χ3n) is 6.35. The maximum absolute atomic E-state index is 13.4. The molecule has 1 aromatic heterocycles. The van der Waals surface area contributed by atoms with Crippen molar-refractivity contribution in [2.24, 2.45) is 0 Å². The number of ether oxygens (including phenoxy) is 2. The van der Waals surface area contributed by atoms with Gasteiger partial charge in [-0.25, -0.2) is 13.1 Å². The maximum atomic E-state index is 13.4. The van der Waals surface area contributed by atoms with E-state index in [2.05, 4.69) is 15.0 Å². The van der Waals surface area contributed by atoms with Gasteiger partial charge in [-0.3, -0.25) is 4.79 Å². The molecule has 4 aromatic rings. The van der Waals surface area contributed by atoms with Gasteiger partial charge in [0, 0.05) is 17.1 Å². The highest BCUT2D eigenvalue weighted by molar-refractivity contribution is 7.89. The van der Waals surface area contributed by atoms with Gasteiger partial charge in [-0.15, -0.1) is 0 Å². The van der Waals surface area contributed by atoms with Gasteiger partial charge in [0.05, 0.1) is 23.1 Å². The van der Waals surface area contributed by atoms with Gasteiger partial charge < -0.3 is 24.9 Å². The number of hydrogen-bond acceptors (Lipinski definition) is 6. The van der Waals surface area contributed by atoms with Crippen molar-refractivity contribution < 1.29 is 27.8 Å². The van der Waals surface area contributed by atoms with E-state index in [1.54, 1.807) is 24.3 Å². The van der Waals surface area contributed by atoms with E-state index in [1.807, 2.05) is 30.5 Å². The van der Waals surface area contributed by atoms with Crippen LogP contribution in [-0.2, 0) is 16.4 Å². The predicted octanol–water partition coefficient (Wildman–Crippen LogP) is 2.85. The summed E-state index contributed by atoms with van der Waals surface area (Å²) in [4.78, 5) is 16.8. The summed E-state index contributed by atoms with van der Waals surface area (Å²) >= 11 is 0. The van der Waals surface area contributed by atoms with Crippen LogP contribution in [0.15, 0.2) is 71.8 Å². The molecule has 0 aliphatic carbocycles. The van der Waals surface area contributed by atoms with Crippen LogP contribution in [-0.4, -0.2) is 57.3 Å². The highest BCUT2D eigenvalue weighted by Crippen LogP contribution is 2.38. The average Bonchev–Trinajstić information content (AvgIpc) is 3.34. The molecule has 37 heavy (non-hydrogen) atoms. The Morgan fingerprint density at radius 1 is 1.05 bits per heavy atom. The van der Waals surface area contributed by atoms with Crippen LogP contribution in [0.4, 0.5) is 0 Å². The Morgan fingerprint density at radius 3 is 2.57 bits per heavy atom. The summed E-state index contributed by atoms with van der Waals surface area (Å²) in [6, 6.07) is 17.1. The highest BCUT2D eigenvalue weighted by atomic mass is 32.2. The van der Waals surface area contributed by atoms with Crippen molar-refractivity contribution in [3.63, 3.8) is 0 Å². The summed E-state index contributed by atoms with van der Waals surface area (Å²) in [5.41, 5.74) is 3.62. The molecule has 0 bridgehead atoms. The van der Waals surface area contributed by atoms with Gasteiger partial charge in [-0.1, -0.05) is 30.3 Å². The number of para-hydroxylation sites is 1. The first-order valence-corrected chi connectivity index (χ1v) is 13.3. The fourth-order valence-electron chi connectivity index (χ4n) is 4.42. The topological polar surface area (TPSA) is 130 Å². The number of aromatic amines is 1. The lowest BCUT2D eigenvalue weighted by molar-refractivity contribution is 0.0906. The number of rotatable bonds is 8. The van der Waals surface area contributed by atoms with Crippen LogP contribution < -0.4 is 19.5 Å². The van der Waals surface area contributed by atoms with Crippen LogP contribution in [0, 0.1) is 0 Å². The van der Waals surface area contributed by atoms with E-state index >= 15 is 0 Å². The van der Waals surface area contributed by atoms with Crippen molar-refractivity contribution in [3.8, 4) is 22.6 Å².